The van der Waals surface area contributed by atoms with E-state index in [9.17, 15) is 10.2 Å². The second kappa shape index (κ2) is 15.4. The fraction of sp³-hybridized carbons (Fsp3) is 0.605. The minimum absolute atomic E-state index is 0. The summed E-state index contributed by atoms with van der Waals surface area (Å²) in [5.41, 5.74) is 4.46. The molecule has 42 heavy (non-hydrogen) atoms. The van der Waals surface area contributed by atoms with Crippen LogP contribution in [-0.2, 0) is 20.1 Å². The van der Waals surface area contributed by atoms with E-state index >= 15 is 0 Å². The van der Waals surface area contributed by atoms with Crippen molar-refractivity contribution in [1.29, 1.82) is 0 Å². The van der Waals surface area contributed by atoms with E-state index < -0.39 is 0 Å². The maximum absolute atomic E-state index is 11.4. The van der Waals surface area contributed by atoms with Gasteiger partial charge in [0.05, 0.1) is 17.7 Å². The number of rotatable bonds is 6. The molecular formula is C38H54IrNO2-. The summed E-state index contributed by atoms with van der Waals surface area (Å²) in [6, 6.07) is 21.9. The van der Waals surface area contributed by atoms with Crippen molar-refractivity contribution in [1.82, 2.24) is 4.98 Å². The van der Waals surface area contributed by atoms with Gasteiger partial charge < -0.3 is 10.2 Å². The number of benzene rings is 2. The van der Waals surface area contributed by atoms with Crippen molar-refractivity contribution in [3.8, 4) is 11.3 Å². The quantitative estimate of drug-likeness (QED) is 0.247. The number of pyridine rings is 1. The van der Waals surface area contributed by atoms with Crippen LogP contribution in [0.4, 0.5) is 0 Å². The van der Waals surface area contributed by atoms with Crippen LogP contribution >= 0.6 is 0 Å². The SMILES string of the molecule is CC(C)c1ccc2nc(-c3[c-]cccc3)ccc2c1.CCC1(CC)CCCC2CCCC(CC)(CC)C(O)C2C1O.[Ir]. The Morgan fingerprint density at radius 3 is 1.93 bits per heavy atom. The minimum Gasteiger partial charge on any atom is -0.392 e. The molecule has 1 aromatic heterocycles. The number of aromatic nitrogens is 1. The summed E-state index contributed by atoms with van der Waals surface area (Å²) in [7, 11) is 0. The first-order chi connectivity index (χ1) is 19.7. The van der Waals surface area contributed by atoms with E-state index in [-0.39, 0.29) is 49.1 Å². The van der Waals surface area contributed by atoms with Gasteiger partial charge in [0.15, 0.2) is 0 Å². The monoisotopic (exact) mass is 749 g/mol. The van der Waals surface area contributed by atoms with Crippen molar-refractivity contribution >= 4 is 10.9 Å². The summed E-state index contributed by atoms with van der Waals surface area (Å²) in [6.07, 6.45) is 10.6. The Morgan fingerprint density at radius 1 is 0.833 bits per heavy atom. The second-order valence-electron chi connectivity index (χ2n) is 13.2. The van der Waals surface area contributed by atoms with Crippen molar-refractivity contribution in [2.45, 2.75) is 124 Å². The fourth-order valence-corrected chi connectivity index (χ4v) is 8.01. The Kier molecular flexibility index (Phi) is 12.8. The van der Waals surface area contributed by atoms with Crippen molar-refractivity contribution < 1.29 is 30.3 Å². The largest absolute Gasteiger partial charge is 0.392 e. The molecular weight excluding hydrogens is 695 g/mol. The minimum atomic E-state index is -0.333. The molecule has 5 rings (SSSR count). The Hall–Kier alpha value is -1.58. The van der Waals surface area contributed by atoms with Crippen molar-refractivity contribution in [3.63, 3.8) is 0 Å². The second-order valence-corrected chi connectivity index (χ2v) is 13.2. The number of hydrogen-bond donors (Lipinski definition) is 2. The van der Waals surface area contributed by atoms with Gasteiger partial charge >= 0.3 is 0 Å². The Labute approximate surface area is 269 Å². The van der Waals surface area contributed by atoms with Crippen LogP contribution in [0.3, 0.4) is 0 Å². The standard InChI is InChI=1S/C20H38O2.C18H16N.Ir/c1-5-19(6-2)13-9-11-15-12-10-14-20(7-3,8-4)18(22)16(15)17(19)21;1-13(2)15-8-10-18-16(12-15)9-11-17(19-18)14-6-4-3-5-7-14;/h15-18,21-22H,5-14H2,1-4H3;3-6,8-13H,1-2H3;/q;-1;. The Balaban J connectivity index is 0.000000227. The van der Waals surface area contributed by atoms with Crippen molar-refractivity contribution in [2.24, 2.45) is 22.7 Å². The van der Waals surface area contributed by atoms with Crippen LogP contribution in [-0.4, -0.2) is 27.4 Å². The molecule has 3 aromatic rings. The van der Waals surface area contributed by atoms with Crippen LogP contribution in [0.5, 0.6) is 0 Å². The summed E-state index contributed by atoms with van der Waals surface area (Å²) in [6.45, 7) is 13.3. The smallest absolute Gasteiger partial charge is 0.0651 e. The number of nitrogens with zero attached hydrogens (tertiary/aromatic N) is 1. The third-order valence-electron chi connectivity index (χ3n) is 11.2. The molecule has 2 atom stereocenters. The average Bonchev–Trinajstić information content (AvgIpc) is 3.24. The number of hydrogen-bond acceptors (Lipinski definition) is 3. The van der Waals surface area contributed by atoms with E-state index in [1.165, 1.54) is 36.6 Å². The fourth-order valence-electron chi connectivity index (χ4n) is 8.01. The first-order valence-electron chi connectivity index (χ1n) is 16.5. The zero-order valence-electron chi connectivity index (χ0n) is 26.8. The molecule has 2 N–H and O–H groups in total. The van der Waals surface area contributed by atoms with Crippen LogP contribution in [0, 0.1) is 28.7 Å². The Bertz CT molecular complexity index is 1200. The molecule has 0 spiro atoms. The molecule has 2 fully saturated rings. The first-order valence-corrected chi connectivity index (χ1v) is 16.5. The summed E-state index contributed by atoms with van der Waals surface area (Å²) in [4.78, 5) is 4.71. The Morgan fingerprint density at radius 2 is 1.43 bits per heavy atom. The molecule has 2 unspecified atom stereocenters. The maximum atomic E-state index is 11.4. The summed E-state index contributed by atoms with van der Waals surface area (Å²) in [5, 5.41) is 23.9. The van der Waals surface area contributed by atoms with E-state index in [2.05, 4.69) is 77.9 Å². The summed E-state index contributed by atoms with van der Waals surface area (Å²) in [5.74, 6) is 1.15. The van der Waals surface area contributed by atoms with Gasteiger partial charge in [-0.05, 0) is 103 Å². The number of aliphatic hydroxyl groups is 2. The van der Waals surface area contributed by atoms with Gasteiger partial charge in [0, 0.05) is 26.0 Å². The van der Waals surface area contributed by atoms with E-state index in [0.717, 1.165) is 55.3 Å². The van der Waals surface area contributed by atoms with Gasteiger partial charge in [-0.15, -0.1) is 35.9 Å². The molecule has 0 saturated heterocycles. The molecule has 3 nitrogen and oxygen atoms in total. The van der Waals surface area contributed by atoms with E-state index in [1.54, 1.807) is 0 Å². The molecule has 0 amide bonds. The molecule has 2 aliphatic rings. The zero-order chi connectivity index (χ0) is 29.6. The van der Waals surface area contributed by atoms with Gasteiger partial charge in [-0.2, -0.15) is 0 Å². The normalized spacial score (nSPS) is 24.9. The van der Waals surface area contributed by atoms with Gasteiger partial charge in [-0.3, -0.25) is 4.98 Å². The van der Waals surface area contributed by atoms with Crippen LogP contribution in [0.2, 0.25) is 0 Å². The van der Waals surface area contributed by atoms with Crippen LogP contribution < -0.4 is 0 Å². The molecule has 2 saturated carbocycles. The van der Waals surface area contributed by atoms with E-state index in [0.29, 0.717) is 11.8 Å². The number of aliphatic hydroxyl groups excluding tert-OH is 2. The molecule has 1 radical (unpaired) electrons. The van der Waals surface area contributed by atoms with Crippen molar-refractivity contribution in [2.75, 3.05) is 0 Å². The van der Waals surface area contributed by atoms with E-state index in [1.807, 2.05) is 24.3 Å². The van der Waals surface area contributed by atoms with Crippen molar-refractivity contribution in [3.05, 3.63) is 66.2 Å². The van der Waals surface area contributed by atoms with Crippen LogP contribution in [0.15, 0.2) is 54.6 Å². The summed E-state index contributed by atoms with van der Waals surface area (Å²) >= 11 is 0. The molecule has 0 bridgehead atoms. The molecule has 2 aliphatic carbocycles. The maximum Gasteiger partial charge on any atom is 0.0651 e. The molecule has 1 heterocycles. The average molecular weight is 749 g/mol. The van der Waals surface area contributed by atoms with Gasteiger partial charge in [0.1, 0.15) is 0 Å². The van der Waals surface area contributed by atoms with Gasteiger partial charge in [0.25, 0.3) is 0 Å². The van der Waals surface area contributed by atoms with Gasteiger partial charge in [-0.1, -0.05) is 72.6 Å². The predicted molar refractivity (Wildman–Crippen MR) is 173 cm³/mol. The molecule has 4 heteroatoms. The molecule has 2 aromatic carbocycles. The zero-order valence-corrected chi connectivity index (χ0v) is 29.2. The number of fused-ring (bicyclic) bond motifs is 2. The molecule has 0 aliphatic heterocycles. The van der Waals surface area contributed by atoms with E-state index in [4.69, 9.17) is 4.98 Å². The third kappa shape index (κ3) is 7.20. The predicted octanol–water partition coefficient (Wildman–Crippen LogP) is 9.74. The van der Waals surface area contributed by atoms with Crippen LogP contribution in [0.1, 0.15) is 117 Å². The van der Waals surface area contributed by atoms with Gasteiger partial charge in [0.2, 0.25) is 0 Å². The topological polar surface area (TPSA) is 53.4 Å². The molecule has 233 valence electrons. The van der Waals surface area contributed by atoms with Crippen LogP contribution in [0.25, 0.3) is 22.2 Å². The van der Waals surface area contributed by atoms with Gasteiger partial charge in [-0.25, -0.2) is 0 Å². The third-order valence-corrected chi connectivity index (χ3v) is 11.2. The summed E-state index contributed by atoms with van der Waals surface area (Å²) < 4.78 is 0. The first kappa shape index (κ1) is 34.9.